The topological polar surface area (TPSA) is 32.7 Å². The van der Waals surface area contributed by atoms with Gasteiger partial charge in [0.15, 0.2) is 0 Å². The van der Waals surface area contributed by atoms with E-state index in [9.17, 15) is 13.2 Å². The molecule has 0 spiro atoms. The van der Waals surface area contributed by atoms with Crippen LogP contribution in [0.3, 0.4) is 0 Å². The zero-order valence-electron chi connectivity index (χ0n) is 11.9. The molecule has 22 heavy (non-hydrogen) atoms. The summed E-state index contributed by atoms with van der Waals surface area (Å²) >= 11 is 5.91. The van der Waals surface area contributed by atoms with Crippen LogP contribution in [0.2, 0.25) is 5.02 Å². The zero-order chi connectivity index (χ0) is 16.2. The highest BCUT2D eigenvalue weighted by Gasteiger charge is 2.31. The van der Waals surface area contributed by atoms with Crippen molar-refractivity contribution in [2.24, 2.45) is 0 Å². The molecule has 1 aromatic rings. The van der Waals surface area contributed by atoms with E-state index < -0.39 is 12.7 Å². The van der Waals surface area contributed by atoms with Crippen molar-refractivity contribution in [1.29, 1.82) is 0 Å². The number of benzene rings is 1. The summed E-state index contributed by atoms with van der Waals surface area (Å²) in [6.45, 7) is -0.571. The lowest BCUT2D eigenvalue weighted by Gasteiger charge is -2.26. The number of nitrogens with zero attached hydrogens (tertiary/aromatic N) is 1. The van der Waals surface area contributed by atoms with E-state index >= 15 is 0 Å². The number of alkyl halides is 3. The van der Waals surface area contributed by atoms with E-state index in [-0.39, 0.29) is 26.3 Å². The quantitative estimate of drug-likeness (QED) is 0.865. The molecule has 0 saturated carbocycles. The van der Waals surface area contributed by atoms with Crippen LogP contribution in [-0.4, -0.2) is 49.0 Å². The summed E-state index contributed by atoms with van der Waals surface area (Å²) in [6.07, 6.45) is -2.16. The van der Waals surface area contributed by atoms with Crippen molar-refractivity contribution in [3.05, 3.63) is 34.4 Å². The molecule has 1 aliphatic rings. The zero-order valence-corrected chi connectivity index (χ0v) is 12.6. The Hall–Kier alpha value is -1.24. The van der Waals surface area contributed by atoms with Crippen molar-refractivity contribution in [1.82, 2.24) is 4.90 Å². The Morgan fingerprint density at radius 2 is 2.09 bits per heavy atom. The first kappa shape index (κ1) is 17.1. The molecular weight excluding hydrogens is 319 g/mol. The Labute approximate surface area is 131 Å². The smallest absolute Gasteiger partial charge is 0.401 e. The highest BCUT2D eigenvalue weighted by molar-refractivity contribution is 6.30. The number of hydrogen-bond donors (Lipinski definition) is 1. The number of ether oxygens (including phenoxy) is 1. The molecule has 1 aliphatic heterocycles. The lowest BCUT2D eigenvalue weighted by atomic mass is 10.1. The number of fused-ring (bicyclic) bond motifs is 1. The number of hydrogen-bond acceptors (Lipinski definition) is 3. The largest absolute Gasteiger partial charge is 0.489 e. The Bertz CT molecular complexity index is 546. The Morgan fingerprint density at radius 3 is 2.77 bits per heavy atom. The van der Waals surface area contributed by atoms with E-state index in [0.717, 1.165) is 11.1 Å². The molecule has 0 radical (unpaired) electrons. The monoisotopic (exact) mass is 335 g/mol. The summed E-state index contributed by atoms with van der Waals surface area (Å²) in [7, 11) is 0. The van der Waals surface area contributed by atoms with Gasteiger partial charge in [-0.15, -0.1) is 0 Å². The van der Waals surface area contributed by atoms with Crippen molar-refractivity contribution in [2.45, 2.75) is 12.6 Å². The fourth-order valence-electron chi connectivity index (χ4n) is 2.34. The third kappa shape index (κ3) is 5.19. The molecule has 0 amide bonds. The molecule has 0 aromatic heterocycles. The van der Waals surface area contributed by atoms with Crippen molar-refractivity contribution in [3.63, 3.8) is 0 Å². The second kappa shape index (κ2) is 7.35. The fraction of sp³-hybridized carbons (Fsp3) is 0.467. The minimum atomic E-state index is -4.27. The Morgan fingerprint density at radius 1 is 1.32 bits per heavy atom. The van der Waals surface area contributed by atoms with Gasteiger partial charge in [-0.05, 0) is 36.3 Å². The van der Waals surface area contributed by atoms with Crippen LogP contribution < -0.4 is 4.74 Å². The predicted molar refractivity (Wildman–Crippen MR) is 79.1 cm³/mol. The van der Waals surface area contributed by atoms with Gasteiger partial charge in [-0.1, -0.05) is 11.6 Å². The normalized spacial score (nSPS) is 14.5. The average molecular weight is 336 g/mol. The van der Waals surface area contributed by atoms with Gasteiger partial charge in [0.1, 0.15) is 12.4 Å². The van der Waals surface area contributed by atoms with E-state index in [2.05, 4.69) is 0 Å². The summed E-state index contributed by atoms with van der Waals surface area (Å²) in [6, 6.07) is 5.17. The molecule has 0 saturated heterocycles. The van der Waals surface area contributed by atoms with Crippen LogP contribution in [0.5, 0.6) is 5.75 Å². The van der Waals surface area contributed by atoms with Crippen LogP contribution in [-0.2, 0) is 0 Å². The van der Waals surface area contributed by atoms with Crippen LogP contribution in [0.1, 0.15) is 12.0 Å². The first-order chi connectivity index (χ1) is 10.4. The van der Waals surface area contributed by atoms with E-state index in [1.807, 2.05) is 6.08 Å². The van der Waals surface area contributed by atoms with Crippen LogP contribution in [0, 0.1) is 0 Å². The average Bonchev–Trinajstić information content (AvgIpc) is 2.42. The summed E-state index contributed by atoms with van der Waals surface area (Å²) in [5.41, 5.74) is 1.51. The molecule has 1 aromatic carbocycles. The SMILES string of the molecule is OCCCN(CC1=Cc2cc(Cl)ccc2OC1)CC(F)(F)F. The van der Waals surface area contributed by atoms with Gasteiger partial charge in [-0.25, -0.2) is 0 Å². The lowest BCUT2D eigenvalue weighted by Crippen LogP contribution is -2.37. The summed E-state index contributed by atoms with van der Waals surface area (Å²) in [4.78, 5) is 1.26. The molecule has 0 aliphatic carbocycles. The van der Waals surface area contributed by atoms with Crippen molar-refractivity contribution < 1.29 is 23.0 Å². The minimum absolute atomic E-state index is 0.137. The van der Waals surface area contributed by atoms with Gasteiger partial charge in [-0.3, -0.25) is 4.90 Å². The third-order valence-electron chi connectivity index (χ3n) is 3.21. The molecule has 7 heteroatoms. The van der Waals surface area contributed by atoms with Crippen molar-refractivity contribution in [2.75, 3.05) is 32.8 Å². The van der Waals surface area contributed by atoms with Gasteiger partial charge in [0.25, 0.3) is 0 Å². The molecule has 0 unspecified atom stereocenters. The highest BCUT2D eigenvalue weighted by atomic mass is 35.5. The van der Waals surface area contributed by atoms with Gasteiger partial charge in [-0.2, -0.15) is 13.2 Å². The van der Waals surface area contributed by atoms with Gasteiger partial charge in [0.05, 0.1) is 6.54 Å². The summed E-state index contributed by atoms with van der Waals surface area (Å²) in [5, 5.41) is 9.37. The standard InChI is InChI=1S/C15H17ClF3NO2/c16-13-2-3-14-12(7-13)6-11(9-22-14)8-20(4-1-5-21)10-15(17,18)19/h2-3,6-7,21H,1,4-5,8-10H2. The highest BCUT2D eigenvalue weighted by Crippen LogP contribution is 2.29. The molecule has 1 heterocycles. The number of aliphatic hydroxyl groups excluding tert-OH is 1. The first-order valence-electron chi connectivity index (χ1n) is 6.89. The maximum Gasteiger partial charge on any atom is 0.401 e. The first-order valence-corrected chi connectivity index (χ1v) is 7.27. The minimum Gasteiger partial charge on any atom is -0.489 e. The van der Waals surface area contributed by atoms with Crippen LogP contribution in [0.15, 0.2) is 23.8 Å². The Kier molecular flexibility index (Phi) is 5.72. The molecule has 0 bridgehead atoms. The third-order valence-corrected chi connectivity index (χ3v) is 3.44. The molecule has 0 atom stereocenters. The van der Waals surface area contributed by atoms with E-state index in [1.54, 1.807) is 18.2 Å². The molecule has 0 fully saturated rings. The second-order valence-corrected chi connectivity index (χ2v) is 5.61. The van der Waals surface area contributed by atoms with Crippen molar-refractivity contribution in [3.8, 4) is 5.75 Å². The van der Waals surface area contributed by atoms with Gasteiger partial charge in [0, 0.05) is 30.3 Å². The number of aliphatic hydroxyl groups is 1. The van der Waals surface area contributed by atoms with Crippen molar-refractivity contribution >= 4 is 17.7 Å². The predicted octanol–water partition coefficient (Wildman–Crippen LogP) is 3.36. The molecule has 1 N–H and O–H groups in total. The summed E-state index contributed by atoms with van der Waals surface area (Å²) in [5.74, 6) is 0.672. The maximum absolute atomic E-state index is 12.6. The molecule has 122 valence electrons. The van der Waals surface area contributed by atoms with E-state index in [1.165, 1.54) is 4.90 Å². The lowest BCUT2D eigenvalue weighted by molar-refractivity contribution is -0.145. The van der Waals surface area contributed by atoms with Gasteiger partial charge < -0.3 is 9.84 Å². The summed E-state index contributed by atoms with van der Waals surface area (Å²) < 4.78 is 43.4. The van der Waals surface area contributed by atoms with E-state index in [4.69, 9.17) is 21.4 Å². The molecular formula is C15H17ClF3NO2. The van der Waals surface area contributed by atoms with Gasteiger partial charge >= 0.3 is 6.18 Å². The fourth-order valence-corrected chi connectivity index (χ4v) is 2.52. The molecule has 2 rings (SSSR count). The number of rotatable bonds is 6. The van der Waals surface area contributed by atoms with Crippen LogP contribution in [0.25, 0.3) is 6.08 Å². The van der Waals surface area contributed by atoms with Gasteiger partial charge in [0.2, 0.25) is 0 Å². The number of halogens is 4. The van der Waals surface area contributed by atoms with Crippen LogP contribution >= 0.6 is 11.6 Å². The Balaban J connectivity index is 2.09. The maximum atomic E-state index is 12.6. The van der Waals surface area contributed by atoms with E-state index in [0.29, 0.717) is 17.2 Å². The van der Waals surface area contributed by atoms with Crippen LogP contribution in [0.4, 0.5) is 13.2 Å². The second-order valence-electron chi connectivity index (χ2n) is 5.18. The molecule has 3 nitrogen and oxygen atoms in total.